The zero-order valence-corrected chi connectivity index (χ0v) is 19.3. The van der Waals surface area contributed by atoms with Crippen molar-refractivity contribution in [3.63, 3.8) is 0 Å². The molecule has 0 bridgehead atoms. The van der Waals surface area contributed by atoms with Crippen molar-refractivity contribution < 1.29 is 8.42 Å². The van der Waals surface area contributed by atoms with Gasteiger partial charge in [0.05, 0.1) is 10.4 Å². The fourth-order valence-electron chi connectivity index (χ4n) is 3.68. The molecule has 0 radical (unpaired) electrons. The molecular formula is C24H20ClN5O2S. The second-order valence-electron chi connectivity index (χ2n) is 7.59. The maximum absolute atomic E-state index is 13.4. The monoisotopic (exact) mass is 477 g/mol. The highest BCUT2D eigenvalue weighted by Crippen LogP contribution is 2.30. The summed E-state index contributed by atoms with van der Waals surface area (Å²) in [5.41, 5.74) is 2.91. The summed E-state index contributed by atoms with van der Waals surface area (Å²) in [6.45, 7) is 2.52. The number of hydrogen-bond donors (Lipinski definition) is 1. The van der Waals surface area contributed by atoms with Crippen LogP contribution in [-0.2, 0) is 22.8 Å². The lowest BCUT2D eigenvalue weighted by Gasteiger charge is -2.11. The molecule has 9 heteroatoms. The van der Waals surface area contributed by atoms with E-state index in [2.05, 4.69) is 20.6 Å². The molecule has 0 amide bonds. The standard InChI is InChI=1S/C24H20ClN5O2S/c1-2-16-8-11-19(12-9-16)33(31,32)24-23-27-22(26-15-17-6-4-3-5-7-17)20-14-18(25)10-13-21(20)30(23)29-28-24/h3-14H,2,15H2,1H3,(H,26,27). The molecule has 0 fully saturated rings. The number of nitrogens with one attached hydrogen (secondary N) is 1. The van der Waals surface area contributed by atoms with Crippen molar-refractivity contribution in [2.24, 2.45) is 0 Å². The molecule has 7 nitrogen and oxygen atoms in total. The summed E-state index contributed by atoms with van der Waals surface area (Å²) in [6.07, 6.45) is 0.821. The van der Waals surface area contributed by atoms with Gasteiger partial charge in [0.1, 0.15) is 5.82 Å². The zero-order valence-electron chi connectivity index (χ0n) is 17.7. The molecule has 0 atom stereocenters. The first-order valence-corrected chi connectivity index (χ1v) is 12.3. The minimum atomic E-state index is -3.92. The SMILES string of the molecule is CCc1ccc(S(=O)(=O)c2nnn3c2nc(NCc2ccccc2)c2cc(Cl)ccc23)cc1. The van der Waals surface area contributed by atoms with Gasteiger partial charge in [-0.2, -0.15) is 4.52 Å². The molecule has 0 aliphatic carbocycles. The third-order valence-electron chi connectivity index (χ3n) is 5.48. The quantitative estimate of drug-likeness (QED) is 0.372. The Bertz CT molecular complexity index is 1570. The van der Waals surface area contributed by atoms with Crippen LogP contribution in [0, 0.1) is 0 Å². The molecule has 33 heavy (non-hydrogen) atoms. The summed E-state index contributed by atoms with van der Waals surface area (Å²) in [4.78, 5) is 4.79. The van der Waals surface area contributed by atoms with Gasteiger partial charge in [-0.15, -0.1) is 5.10 Å². The Labute approximate surface area is 196 Å². The van der Waals surface area contributed by atoms with Crippen LogP contribution < -0.4 is 5.32 Å². The molecule has 0 saturated carbocycles. The summed E-state index contributed by atoms with van der Waals surface area (Å²) in [5, 5.41) is 12.5. The van der Waals surface area contributed by atoms with Crippen LogP contribution in [0.4, 0.5) is 5.82 Å². The molecule has 5 rings (SSSR count). The summed E-state index contributed by atoms with van der Waals surface area (Å²) in [5.74, 6) is 0.504. The van der Waals surface area contributed by atoms with Gasteiger partial charge in [-0.25, -0.2) is 13.4 Å². The summed E-state index contributed by atoms with van der Waals surface area (Å²) >= 11 is 6.24. The summed E-state index contributed by atoms with van der Waals surface area (Å²) < 4.78 is 28.2. The Balaban J connectivity index is 1.66. The number of aryl methyl sites for hydroxylation is 1. The number of aromatic nitrogens is 4. The molecule has 166 valence electrons. The average Bonchev–Trinajstić information content (AvgIpc) is 3.28. The second kappa shape index (κ2) is 8.46. The fraction of sp³-hybridized carbons (Fsp3) is 0.125. The molecule has 0 aliphatic rings. The fourth-order valence-corrected chi connectivity index (χ4v) is 5.08. The van der Waals surface area contributed by atoms with Crippen molar-refractivity contribution in [1.82, 2.24) is 19.8 Å². The van der Waals surface area contributed by atoms with Crippen molar-refractivity contribution in [3.05, 3.63) is 88.9 Å². The van der Waals surface area contributed by atoms with Gasteiger partial charge in [-0.1, -0.05) is 66.2 Å². The van der Waals surface area contributed by atoms with E-state index in [1.54, 1.807) is 42.5 Å². The highest BCUT2D eigenvalue weighted by molar-refractivity contribution is 7.91. The van der Waals surface area contributed by atoms with Gasteiger partial charge in [0.25, 0.3) is 0 Å². The predicted molar refractivity (Wildman–Crippen MR) is 128 cm³/mol. The number of nitrogens with zero attached hydrogens (tertiary/aromatic N) is 4. The van der Waals surface area contributed by atoms with Gasteiger partial charge in [0, 0.05) is 17.0 Å². The molecule has 0 unspecified atom stereocenters. The zero-order chi connectivity index (χ0) is 23.0. The Morgan fingerprint density at radius 3 is 2.45 bits per heavy atom. The molecule has 0 spiro atoms. The van der Waals surface area contributed by atoms with E-state index < -0.39 is 9.84 Å². The predicted octanol–water partition coefficient (Wildman–Crippen LogP) is 4.94. The molecule has 2 aromatic heterocycles. The largest absolute Gasteiger partial charge is 0.365 e. The number of anilines is 1. The molecular weight excluding hydrogens is 458 g/mol. The topological polar surface area (TPSA) is 89.2 Å². The lowest BCUT2D eigenvalue weighted by atomic mass is 10.2. The van der Waals surface area contributed by atoms with Crippen molar-refractivity contribution in [2.45, 2.75) is 29.8 Å². The third-order valence-corrected chi connectivity index (χ3v) is 7.38. The number of rotatable bonds is 6. The molecule has 0 aliphatic heterocycles. The lowest BCUT2D eigenvalue weighted by Crippen LogP contribution is -2.07. The van der Waals surface area contributed by atoms with Crippen LogP contribution in [0.3, 0.4) is 0 Å². The van der Waals surface area contributed by atoms with E-state index in [-0.39, 0.29) is 15.6 Å². The van der Waals surface area contributed by atoms with Crippen LogP contribution in [0.15, 0.2) is 82.7 Å². The van der Waals surface area contributed by atoms with Crippen molar-refractivity contribution >= 4 is 43.8 Å². The normalized spacial score (nSPS) is 11.8. The minimum Gasteiger partial charge on any atom is -0.365 e. The molecule has 3 aromatic carbocycles. The van der Waals surface area contributed by atoms with Crippen LogP contribution in [0.25, 0.3) is 16.6 Å². The van der Waals surface area contributed by atoms with Crippen LogP contribution in [-0.4, -0.2) is 28.2 Å². The van der Waals surface area contributed by atoms with Crippen LogP contribution in [0.1, 0.15) is 18.1 Å². The summed E-state index contributed by atoms with van der Waals surface area (Å²) in [6, 6.07) is 21.9. The molecule has 1 N–H and O–H groups in total. The maximum Gasteiger partial charge on any atom is 0.229 e. The number of halogens is 1. The van der Waals surface area contributed by atoms with E-state index in [1.807, 2.05) is 37.3 Å². The van der Waals surface area contributed by atoms with E-state index in [0.29, 0.717) is 28.3 Å². The number of hydrogen-bond acceptors (Lipinski definition) is 6. The van der Waals surface area contributed by atoms with Crippen molar-refractivity contribution in [1.29, 1.82) is 0 Å². The van der Waals surface area contributed by atoms with Gasteiger partial charge in [0.2, 0.25) is 14.9 Å². The molecule has 0 saturated heterocycles. The number of fused-ring (bicyclic) bond motifs is 3. The Morgan fingerprint density at radius 1 is 0.970 bits per heavy atom. The molecule has 2 heterocycles. The Morgan fingerprint density at radius 2 is 1.73 bits per heavy atom. The van der Waals surface area contributed by atoms with E-state index in [1.165, 1.54) is 4.52 Å². The van der Waals surface area contributed by atoms with Gasteiger partial charge in [0.15, 0.2) is 5.65 Å². The van der Waals surface area contributed by atoms with E-state index in [4.69, 9.17) is 11.6 Å². The molecule has 5 aromatic rings. The lowest BCUT2D eigenvalue weighted by molar-refractivity contribution is 0.592. The van der Waals surface area contributed by atoms with Crippen LogP contribution in [0.5, 0.6) is 0 Å². The second-order valence-corrected chi connectivity index (χ2v) is 9.89. The van der Waals surface area contributed by atoms with Gasteiger partial charge >= 0.3 is 0 Å². The van der Waals surface area contributed by atoms with E-state index in [0.717, 1.165) is 17.5 Å². The third kappa shape index (κ3) is 3.92. The highest BCUT2D eigenvalue weighted by atomic mass is 35.5. The van der Waals surface area contributed by atoms with E-state index in [9.17, 15) is 8.42 Å². The average molecular weight is 478 g/mol. The smallest absolute Gasteiger partial charge is 0.229 e. The first kappa shape index (κ1) is 21.4. The maximum atomic E-state index is 13.4. The first-order chi connectivity index (χ1) is 16.0. The van der Waals surface area contributed by atoms with Crippen LogP contribution in [0.2, 0.25) is 5.02 Å². The Hall–Kier alpha value is -3.49. The number of sulfone groups is 1. The van der Waals surface area contributed by atoms with E-state index >= 15 is 0 Å². The van der Waals surface area contributed by atoms with Crippen LogP contribution >= 0.6 is 11.6 Å². The van der Waals surface area contributed by atoms with Gasteiger partial charge < -0.3 is 5.32 Å². The Kier molecular flexibility index (Phi) is 5.47. The van der Waals surface area contributed by atoms with Crippen molar-refractivity contribution in [3.8, 4) is 0 Å². The minimum absolute atomic E-state index is 0.152. The highest BCUT2D eigenvalue weighted by Gasteiger charge is 2.27. The van der Waals surface area contributed by atoms with Gasteiger partial charge in [-0.3, -0.25) is 0 Å². The summed E-state index contributed by atoms with van der Waals surface area (Å²) in [7, 11) is -3.92. The van der Waals surface area contributed by atoms with Gasteiger partial charge in [-0.05, 0) is 47.9 Å². The van der Waals surface area contributed by atoms with Crippen molar-refractivity contribution in [2.75, 3.05) is 5.32 Å². The number of benzene rings is 3. The first-order valence-electron chi connectivity index (χ1n) is 10.4.